The van der Waals surface area contributed by atoms with Crippen molar-refractivity contribution in [2.24, 2.45) is 5.92 Å². The summed E-state index contributed by atoms with van der Waals surface area (Å²) in [5.41, 5.74) is 2.02. The number of allylic oxidation sites excluding steroid dienone is 3. The third kappa shape index (κ3) is 5.79. The maximum absolute atomic E-state index is 13.3. The Morgan fingerprint density at radius 1 is 1.30 bits per heavy atom. The van der Waals surface area contributed by atoms with Crippen LogP contribution in [0.5, 0.6) is 0 Å². The van der Waals surface area contributed by atoms with Crippen LogP contribution in [0, 0.1) is 17.7 Å². The van der Waals surface area contributed by atoms with Crippen LogP contribution in [-0.2, 0) is 14.9 Å². The van der Waals surface area contributed by atoms with Crippen molar-refractivity contribution in [2.75, 3.05) is 13.7 Å². The summed E-state index contributed by atoms with van der Waals surface area (Å²) >= 11 is 0. The van der Waals surface area contributed by atoms with E-state index in [4.69, 9.17) is 4.84 Å². The van der Waals surface area contributed by atoms with Gasteiger partial charge in [-0.05, 0) is 50.5 Å². The van der Waals surface area contributed by atoms with Crippen LogP contribution in [0.4, 0.5) is 0 Å². The molecule has 0 unspecified atom stereocenters. The van der Waals surface area contributed by atoms with Gasteiger partial charge in [0.1, 0.15) is 0 Å². The van der Waals surface area contributed by atoms with E-state index in [1.54, 1.807) is 44.2 Å². The van der Waals surface area contributed by atoms with Crippen molar-refractivity contribution in [1.29, 1.82) is 0 Å². The fourth-order valence-corrected chi connectivity index (χ4v) is 4.09. The number of sulfonamides is 1. The van der Waals surface area contributed by atoms with Gasteiger partial charge in [0.05, 0.1) is 15.5 Å². The Balaban J connectivity index is 3.60. The van der Waals surface area contributed by atoms with Gasteiger partial charge in [-0.15, -0.1) is 0 Å². The minimum Gasteiger partial charge on any atom is -0.266 e. The summed E-state index contributed by atoms with van der Waals surface area (Å²) in [5.74, 6) is 0.0628. The van der Waals surface area contributed by atoms with Crippen LogP contribution in [0.25, 0.3) is 0 Å². The molecule has 0 amide bonds. The number of nitrogens with zero attached hydrogens (tertiary/aromatic N) is 2. The van der Waals surface area contributed by atoms with E-state index in [1.807, 2.05) is 20.8 Å². The molecule has 0 saturated carbocycles. The first-order valence-corrected chi connectivity index (χ1v) is 10.1. The minimum atomic E-state index is -3.83. The predicted octanol–water partition coefficient (Wildman–Crippen LogP) is 4.35. The van der Waals surface area contributed by atoms with Gasteiger partial charge in [0.15, 0.2) is 7.11 Å². The molecular weight excluding hydrogens is 364 g/mol. The van der Waals surface area contributed by atoms with Crippen molar-refractivity contribution in [3.05, 3.63) is 70.4 Å². The number of aryl methyl sites for hydroxylation is 1. The molecular formula is C20H29N2O4S+. The van der Waals surface area contributed by atoms with Gasteiger partial charge in [-0.2, -0.15) is 0 Å². The highest BCUT2D eigenvalue weighted by Crippen LogP contribution is 2.27. The lowest BCUT2D eigenvalue weighted by atomic mass is 10.1. The van der Waals surface area contributed by atoms with E-state index in [2.05, 4.69) is 6.58 Å². The van der Waals surface area contributed by atoms with Gasteiger partial charge in [0.25, 0.3) is 14.9 Å². The third-order valence-electron chi connectivity index (χ3n) is 3.80. The number of benzene rings is 1. The lowest BCUT2D eigenvalue weighted by molar-refractivity contribution is -0.758. The molecule has 0 aliphatic rings. The first kappa shape index (κ1) is 22.6. The second-order valence-corrected chi connectivity index (χ2v) is 8.57. The molecule has 1 aromatic carbocycles. The molecule has 0 aliphatic carbocycles. The van der Waals surface area contributed by atoms with E-state index in [9.17, 15) is 13.3 Å². The predicted molar refractivity (Wildman–Crippen MR) is 107 cm³/mol. The summed E-state index contributed by atoms with van der Waals surface area (Å²) in [6, 6.07) is 6.68. The van der Waals surface area contributed by atoms with Gasteiger partial charge in [-0.3, -0.25) is 4.31 Å². The summed E-state index contributed by atoms with van der Waals surface area (Å²) in [4.78, 5) is 17.1. The minimum absolute atomic E-state index is 0.0628. The highest BCUT2D eigenvalue weighted by atomic mass is 32.2. The van der Waals surface area contributed by atoms with E-state index in [0.717, 1.165) is 5.56 Å². The molecule has 1 rings (SSSR count). The van der Waals surface area contributed by atoms with E-state index in [1.165, 1.54) is 17.5 Å². The third-order valence-corrected chi connectivity index (χ3v) is 5.60. The smallest absolute Gasteiger partial charge is 0.266 e. The topological polar surface area (TPSA) is 66.7 Å². The van der Waals surface area contributed by atoms with Crippen molar-refractivity contribution in [1.82, 2.24) is 4.31 Å². The Morgan fingerprint density at radius 3 is 2.26 bits per heavy atom. The van der Waals surface area contributed by atoms with Crippen molar-refractivity contribution in [3.8, 4) is 0 Å². The Bertz CT molecular complexity index is 850. The average molecular weight is 394 g/mol. The molecule has 0 aliphatic heterocycles. The fourth-order valence-electron chi connectivity index (χ4n) is 2.39. The molecule has 148 valence electrons. The quantitative estimate of drug-likeness (QED) is 0.462. The van der Waals surface area contributed by atoms with E-state index >= 15 is 0 Å². The lowest BCUT2D eigenvalue weighted by Gasteiger charge is -2.28. The van der Waals surface area contributed by atoms with Crippen LogP contribution in [0.15, 0.2) is 64.9 Å². The number of hydrogen-bond acceptors (Lipinski definition) is 4. The molecule has 0 bridgehead atoms. The zero-order valence-electron chi connectivity index (χ0n) is 16.9. The Morgan fingerprint density at radius 2 is 1.85 bits per heavy atom. The van der Waals surface area contributed by atoms with Gasteiger partial charge in [-0.25, -0.2) is 13.3 Å². The Labute approximate surface area is 162 Å². The molecule has 0 N–H and O–H groups in total. The Hall–Kier alpha value is -2.41. The molecule has 0 saturated heterocycles. The van der Waals surface area contributed by atoms with Crippen molar-refractivity contribution < 1.29 is 18.2 Å². The summed E-state index contributed by atoms with van der Waals surface area (Å²) < 4.78 is 28.0. The SMILES string of the molecule is C=C(C)C(=CC(=CC)[N+](=O)OC)N(CC(C)C)S(=O)(=O)c1ccc(C)cc1. The Kier molecular flexibility index (Phi) is 7.97. The summed E-state index contributed by atoms with van der Waals surface area (Å²) in [6.07, 6.45) is 3.03. The van der Waals surface area contributed by atoms with Gasteiger partial charge in [0.2, 0.25) is 0 Å². The lowest BCUT2D eigenvalue weighted by Crippen LogP contribution is -2.34. The molecule has 0 atom stereocenters. The standard InChI is InChI=1S/C20H29N2O4S/c1-8-18(22(23)26-7)13-20(16(4)5)21(14-15(2)3)27(24,25)19-11-9-17(6)10-12-19/h8-13,15H,4,14H2,1-3,5-7H3/q+1. The normalized spacial score (nSPS) is 12.9. The zero-order chi connectivity index (χ0) is 20.8. The van der Waals surface area contributed by atoms with Crippen LogP contribution in [0.1, 0.15) is 33.3 Å². The van der Waals surface area contributed by atoms with Crippen LogP contribution in [0.3, 0.4) is 0 Å². The molecule has 1 aromatic rings. The molecule has 6 nitrogen and oxygen atoms in total. The van der Waals surface area contributed by atoms with E-state index in [-0.39, 0.29) is 23.1 Å². The van der Waals surface area contributed by atoms with Gasteiger partial charge in [-0.1, -0.05) is 38.1 Å². The van der Waals surface area contributed by atoms with E-state index < -0.39 is 10.0 Å². The fraction of sp³-hybridized carbons (Fsp3) is 0.400. The van der Waals surface area contributed by atoms with Crippen LogP contribution >= 0.6 is 0 Å². The highest BCUT2D eigenvalue weighted by Gasteiger charge is 2.29. The maximum atomic E-state index is 13.3. The summed E-state index contributed by atoms with van der Waals surface area (Å²) in [7, 11) is -2.58. The highest BCUT2D eigenvalue weighted by molar-refractivity contribution is 7.89. The summed E-state index contributed by atoms with van der Waals surface area (Å²) in [6.45, 7) is 13.3. The van der Waals surface area contributed by atoms with E-state index in [0.29, 0.717) is 16.2 Å². The second kappa shape index (κ2) is 9.50. The van der Waals surface area contributed by atoms with Crippen molar-refractivity contribution in [2.45, 2.75) is 39.5 Å². The molecule has 0 aromatic heterocycles. The largest absolute Gasteiger partial charge is 0.314 e. The average Bonchev–Trinajstić information content (AvgIpc) is 2.60. The van der Waals surface area contributed by atoms with Crippen LogP contribution in [0.2, 0.25) is 0 Å². The molecule has 0 spiro atoms. The van der Waals surface area contributed by atoms with Crippen molar-refractivity contribution in [3.63, 3.8) is 0 Å². The van der Waals surface area contributed by atoms with Gasteiger partial charge >= 0.3 is 5.70 Å². The number of hydrogen-bond donors (Lipinski definition) is 0. The van der Waals surface area contributed by atoms with Crippen molar-refractivity contribution >= 4 is 10.0 Å². The first-order chi connectivity index (χ1) is 12.5. The summed E-state index contributed by atoms with van der Waals surface area (Å²) in [5, 5.41) is 0. The van der Waals surface area contributed by atoms with Crippen LogP contribution in [-0.4, -0.2) is 31.3 Å². The molecule has 0 heterocycles. The number of rotatable bonds is 9. The zero-order valence-corrected chi connectivity index (χ0v) is 17.7. The molecule has 0 radical (unpaired) electrons. The molecule has 27 heavy (non-hydrogen) atoms. The first-order valence-electron chi connectivity index (χ1n) is 8.69. The van der Waals surface area contributed by atoms with Crippen LogP contribution < -0.4 is 0 Å². The molecule has 7 heteroatoms. The van der Waals surface area contributed by atoms with Gasteiger partial charge < -0.3 is 0 Å². The molecule has 0 fully saturated rings. The van der Waals surface area contributed by atoms with Gasteiger partial charge in [0, 0.05) is 12.6 Å². The monoisotopic (exact) mass is 393 g/mol. The second-order valence-electron chi connectivity index (χ2n) is 6.71. The maximum Gasteiger partial charge on any atom is 0.314 e.